The van der Waals surface area contributed by atoms with Crippen molar-refractivity contribution in [2.75, 3.05) is 0 Å². The minimum absolute atomic E-state index is 0.0647. The molecule has 1 unspecified atom stereocenters. The van der Waals surface area contributed by atoms with Crippen molar-refractivity contribution in [1.29, 1.82) is 0 Å². The maximum absolute atomic E-state index is 13.0. The van der Waals surface area contributed by atoms with Crippen molar-refractivity contribution in [3.05, 3.63) is 39.4 Å². The zero-order valence-corrected chi connectivity index (χ0v) is 6.66. The van der Waals surface area contributed by atoms with Gasteiger partial charge in [0.1, 0.15) is 0 Å². The van der Waals surface area contributed by atoms with E-state index in [9.17, 15) is 14.5 Å². The minimum Gasteiger partial charge on any atom is -0.280 e. The van der Waals surface area contributed by atoms with Crippen molar-refractivity contribution < 1.29 is 9.31 Å². The van der Waals surface area contributed by atoms with Gasteiger partial charge in [0.2, 0.25) is 0 Å². The van der Waals surface area contributed by atoms with Gasteiger partial charge in [-0.1, -0.05) is 6.07 Å². The fourth-order valence-electron chi connectivity index (χ4n) is 1.40. The summed E-state index contributed by atoms with van der Waals surface area (Å²) in [5, 5.41) is 12.9. The van der Waals surface area contributed by atoms with Gasteiger partial charge < -0.3 is 0 Å². The molecule has 1 heterocycles. The van der Waals surface area contributed by atoms with Gasteiger partial charge in [0.15, 0.2) is 6.30 Å². The Morgan fingerprint density at radius 1 is 1.62 bits per heavy atom. The molecule has 68 valence electrons. The van der Waals surface area contributed by atoms with Gasteiger partial charge in [-0.25, -0.2) is 4.39 Å². The number of nitro benzene ring substituents is 1. The van der Waals surface area contributed by atoms with Gasteiger partial charge in [-0.05, 0) is 5.56 Å². The van der Waals surface area contributed by atoms with Crippen LogP contribution in [0.4, 0.5) is 10.1 Å². The highest BCUT2D eigenvalue weighted by Crippen LogP contribution is 2.29. The van der Waals surface area contributed by atoms with Crippen LogP contribution in [0.5, 0.6) is 0 Å². The number of rotatable bonds is 1. The fourth-order valence-corrected chi connectivity index (χ4v) is 1.40. The second kappa shape index (κ2) is 2.77. The van der Waals surface area contributed by atoms with Gasteiger partial charge in [0.25, 0.3) is 5.69 Å². The quantitative estimate of drug-likeness (QED) is 0.408. The van der Waals surface area contributed by atoms with Gasteiger partial charge in [-0.2, -0.15) is 0 Å². The number of alkyl halides is 1. The second-order valence-electron chi connectivity index (χ2n) is 2.88. The number of hydrogen-bond acceptors (Lipinski definition) is 3. The van der Waals surface area contributed by atoms with Crippen LogP contribution in [-0.2, 0) is 6.54 Å². The summed E-state index contributed by atoms with van der Waals surface area (Å²) in [7, 11) is 0. The topological polar surface area (TPSA) is 55.2 Å². The maximum Gasteiger partial charge on any atom is 0.269 e. The molecule has 1 aliphatic rings. The van der Waals surface area contributed by atoms with Gasteiger partial charge in [-0.3, -0.25) is 15.4 Å². The van der Waals surface area contributed by atoms with Crippen LogP contribution >= 0.6 is 0 Å². The summed E-state index contributed by atoms with van der Waals surface area (Å²) in [5.74, 6) is 0. The van der Waals surface area contributed by atoms with E-state index in [1.165, 1.54) is 12.1 Å². The van der Waals surface area contributed by atoms with Crippen LogP contribution in [0.1, 0.15) is 17.4 Å². The molecule has 1 aliphatic heterocycles. The number of nitrogens with one attached hydrogen (secondary N) is 1. The Hall–Kier alpha value is -1.49. The molecule has 1 aromatic rings. The summed E-state index contributed by atoms with van der Waals surface area (Å²) >= 11 is 0. The smallest absolute Gasteiger partial charge is 0.269 e. The lowest BCUT2D eigenvalue weighted by Gasteiger charge is -1.99. The molecule has 0 amide bonds. The number of nitro groups is 1. The highest BCUT2D eigenvalue weighted by molar-refractivity contribution is 5.42. The van der Waals surface area contributed by atoms with E-state index >= 15 is 0 Å². The van der Waals surface area contributed by atoms with E-state index in [4.69, 9.17) is 0 Å². The predicted octanol–water partition coefficient (Wildman–Crippen LogP) is 1.67. The van der Waals surface area contributed by atoms with Crippen molar-refractivity contribution in [3.8, 4) is 0 Å². The van der Waals surface area contributed by atoms with E-state index in [0.29, 0.717) is 12.1 Å². The number of non-ortho nitro benzene ring substituents is 1. The summed E-state index contributed by atoms with van der Waals surface area (Å²) < 4.78 is 13.0. The lowest BCUT2D eigenvalue weighted by atomic mass is 10.1. The van der Waals surface area contributed by atoms with E-state index in [1.807, 2.05) is 0 Å². The van der Waals surface area contributed by atoms with E-state index in [0.717, 1.165) is 5.56 Å². The monoisotopic (exact) mass is 182 g/mol. The third kappa shape index (κ3) is 1.27. The number of halogens is 1. The van der Waals surface area contributed by atoms with Crippen LogP contribution in [0.2, 0.25) is 0 Å². The average molecular weight is 182 g/mol. The zero-order chi connectivity index (χ0) is 9.42. The molecule has 1 N–H and O–H groups in total. The first-order valence-electron chi connectivity index (χ1n) is 3.83. The molecule has 0 aromatic heterocycles. The van der Waals surface area contributed by atoms with Crippen LogP contribution in [0.3, 0.4) is 0 Å². The lowest BCUT2D eigenvalue weighted by molar-refractivity contribution is -0.385. The first kappa shape index (κ1) is 8.12. The van der Waals surface area contributed by atoms with Crippen molar-refractivity contribution >= 4 is 5.69 Å². The summed E-state index contributed by atoms with van der Waals surface area (Å²) in [6.07, 6.45) is -1.27. The highest BCUT2D eigenvalue weighted by Gasteiger charge is 2.23. The third-order valence-corrected chi connectivity index (χ3v) is 2.09. The van der Waals surface area contributed by atoms with Crippen molar-refractivity contribution in [1.82, 2.24) is 5.32 Å². The molecule has 0 bridgehead atoms. The molecule has 0 spiro atoms. The molecule has 5 heteroatoms. The average Bonchev–Trinajstić information content (AvgIpc) is 2.47. The molecule has 4 nitrogen and oxygen atoms in total. The highest BCUT2D eigenvalue weighted by atomic mass is 19.1. The fraction of sp³-hybridized carbons (Fsp3) is 0.250. The first-order valence-corrected chi connectivity index (χ1v) is 3.83. The van der Waals surface area contributed by atoms with E-state index in [-0.39, 0.29) is 5.69 Å². The Kier molecular flexibility index (Phi) is 1.73. The van der Waals surface area contributed by atoms with Gasteiger partial charge in [0.05, 0.1) is 4.92 Å². The molecule has 0 fully saturated rings. The van der Waals surface area contributed by atoms with Crippen LogP contribution in [0, 0.1) is 10.1 Å². The molecular weight excluding hydrogens is 175 g/mol. The third-order valence-electron chi connectivity index (χ3n) is 2.09. The molecule has 2 rings (SSSR count). The molecule has 0 aliphatic carbocycles. The summed E-state index contributed by atoms with van der Waals surface area (Å²) in [6, 6.07) is 4.25. The Balaban J connectivity index is 2.47. The van der Waals surface area contributed by atoms with E-state index in [1.54, 1.807) is 6.07 Å². The Morgan fingerprint density at radius 2 is 2.38 bits per heavy atom. The van der Waals surface area contributed by atoms with Crippen LogP contribution in [0.15, 0.2) is 18.2 Å². The summed E-state index contributed by atoms with van der Waals surface area (Å²) in [4.78, 5) is 9.85. The number of benzene rings is 1. The Morgan fingerprint density at radius 3 is 3.08 bits per heavy atom. The van der Waals surface area contributed by atoms with Gasteiger partial charge >= 0.3 is 0 Å². The van der Waals surface area contributed by atoms with Crippen molar-refractivity contribution in [2.24, 2.45) is 0 Å². The van der Waals surface area contributed by atoms with Gasteiger partial charge in [0, 0.05) is 24.2 Å². The van der Waals surface area contributed by atoms with Crippen LogP contribution in [-0.4, -0.2) is 4.92 Å². The largest absolute Gasteiger partial charge is 0.280 e. The molecule has 1 atom stereocenters. The normalized spacial score (nSPS) is 19.9. The Labute approximate surface area is 73.5 Å². The zero-order valence-electron chi connectivity index (χ0n) is 6.66. The van der Waals surface area contributed by atoms with E-state index in [2.05, 4.69) is 5.32 Å². The molecule has 0 saturated heterocycles. The molecule has 13 heavy (non-hydrogen) atoms. The van der Waals surface area contributed by atoms with Crippen LogP contribution < -0.4 is 5.32 Å². The standard InChI is InChI=1S/C8H7FN2O2/c9-8-7-3-6(11(12)13)2-1-5(7)4-10-8/h1-3,8,10H,4H2. The molecule has 0 saturated carbocycles. The number of nitrogens with zero attached hydrogens (tertiary/aromatic N) is 1. The Bertz CT molecular complexity index is 367. The second-order valence-corrected chi connectivity index (χ2v) is 2.88. The predicted molar refractivity (Wildman–Crippen MR) is 43.8 cm³/mol. The SMILES string of the molecule is O=[N+]([O-])c1ccc2c(c1)C(F)NC2. The van der Waals surface area contributed by atoms with Gasteiger partial charge in [-0.15, -0.1) is 0 Å². The van der Waals surface area contributed by atoms with Crippen LogP contribution in [0.25, 0.3) is 0 Å². The lowest BCUT2D eigenvalue weighted by Crippen LogP contribution is -2.05. The van der Waals surface area contributed by atoms with E-state index < -0.39 is 11.2 Å². The summed E-state index contributed by atoms with van der Waals surface area (Å²) in [5.41, 5.74) is 1.11. The number of hydrogen-bond donors (Lipinski definition) is 1. The minimum atomic E-state index is -1.27. The first-order chi connectivity index (χ1) is 6.18. The summed E-state index contributed by atoms with van der Waals surface area (Å²) in [6.45, 7) is 0.439. The maximum atomic E-state index is 13.0. The molecular formula is C8H7FN2O2. The molecule has 1 aromatic carbocycles. The number of fused-ring (bicyclic) bond motifs is 1. The van der Waals surface area contributed by atoms with Crippen molar-refractivity contribution in [2.45, 2.75) is 12.8 Å². The molecule has 0 radical (unpaired) electrons. The van der Waals surface area contributed by atoms with Crippen molar-refractivity contribution in [3.63, 3.8) is 0 Å².